The van der Waals surface area contributed by atoms with Crippen LogP contribution in [0.5, 0.6) is 5.88 Å². The lowest BCUT2D eigenvalue weighted by Gasteiger charge is -2.11. The van der Waals surface area contributed by atoms with Gasteiger partial charge in [0.05, 0.1) is 17.5 Å². The summed E-state index contributed by atoms with van der Waals surface area (Å²) in [5.74, 6) is 1.26. The molecule has 19 heavy (non-hydrogen) atoms. The summed E-state index contributed by atoms with van der Waals surface area (Å²) in [4.78, 5) is 8.67. The Morgan fingerprint density at radius 2 is 2.00 bits per heavy atom. The van der Waals surface area contributed by atoms with Crippen molar-refractivity contribution in [1.82, 2.24) is 9.97 Å². The molecule has 0 radical (unpaired) electrons. The molecule has 0 fully saturated rings. The Kier molecular flexibility index (Phi) is 3.99. The fourth-order valence-electron chi connectivity index (χ4n) is 1.39. The molecule has 0 aliphatic rings. The summed E-state index contributed by atoms with van der Waals surface area (Å²) >= 11 is 1.35. The Labute approximate surface area is 116 Å². The normalized spacial score (nSPS) is 11.0. The molecule has 0 saturated carbocycles. The predicted octanol–water partition coefficient (Wildman–Crippen LogP) is 3.21. The highest BCUT2D eigenvalue weighted by atomic mass is 32.2. The lowest BCUT2D eigenvalue weighted by atomic mass is 10.4. The molecule has 2 aromatic heterocycles. The van der Waals surface area contributed by atoms with Crippen molar-refractivity contribution in [2.24, 2.45) is 0 Å². The zero-order valence-electron chi connectivity index (χ0n) is 11.4. The number of nitrogens with zero attached hydrogens (tertiary/aromatic N) is 2. The van der Waals surface area contributed by atoms with Crippen LogP contribution in [0, 0.1) is 13.8 Å². The van der Waals surface area contributed by atoms with Gasteiger partial charge in [-0.25, -0.2) is 9.97 Å². The molecule has 2 heterocycles. The number of anilines is 1. The van der Waals surface area contributed by atoms with Gasteiger partial charge in [-0.05, 0) is 51.6 Å². The maximum atomic E-state index is 5.82. The van der Waals surface area contributed by atoms with E-state index in [9.17, 15) is 0 Å². The van der Waals surface area contributed by atoms with Crippen LogP contribution in [0.3, 0.4) is 0 Å². The van der Waals surface area contributed by atoms with Crippen molar-refractivity contribution < 1.29 is 9.15 Å². The molecule has 0 spiro atoms. The second kappa shape index (κ2) is 5.52. The number of hydrogen-bond donors (Lipinski definition) is 1. The number of nitrogens with two attached hydrogens (primary N) is 1. The van der Waals surface area contributed by atoms with Crippen molar-refractivity contribution in [2.75, 3.05) is 5.73 Å². The molecule has 0 bridgehead atoms. The zero-order valence-corrected chi connectivity index (χ0v) is 12.2. The third kappa shape index (κ3) is 3.41. The van der Waals surface area contributed by atoms with Gasteiger partial charge < -0.3 is 14.9 Å². The fourth-order valence-corrected chi connectivity index (χ4v) is 2.18. The second-order valence-electron chi connectivity index (χ2n) is 4.43. The molecule has 0 amide bonds. The SMILES string of the molecule is Cc1nc(Sc2ccc(N)c(OC(C)C)n2)oc1C. The standard InChI is InChI=1S/C13H17N3O2S/c1-7(2)17-12-10(14)5-6-11(16-12)19-13-15-8(3)9(4)18-13/h5-7H,14H2,1-4H3. The molecule has 0 unspecified atom stereocenters. The first-order valence-electron chi connectivity index (χ1n) is 6.00. The average Bonchev–Trinajstić information content (AvgIpc) is 2.62. The topological polar surface area (TPSA) is 74.2 Å². The molecular formula is C13H17N3O2S. The van der Waals surface area contributed by atoms with Gasteiger partial charge in [0.25, 0.3) is 5.22 Å². The van der Waals surface area contributed by atoms with Crippen LogP contribution in [0.4, 0.5) is 5.69 Å². The second-order valence-corrected chi connectivity index (χ2v) is 5.41. The van der Waals surface area contributed by atoms with Crippen molar-refractivity contribution in [3.63, 3.8) is 0 Å². The number of rotatable bonds is 4. The summed E-state index contributed by atoms with van der Waals surface area (Å²) in [5.41, 5.74) is 7.24. The van der Waals surface area contributed by atoms with E-state index in [1.54, 1.807) is 6.07 Å². The molecule has 0 aromatic carbocycles. The van der Waals surface area contributed by atoms with E-state index in [1.165, 1.54) is 11.8 Å². The first-order chi connectivity index (χ1) is 8.95. The van der Waals surface area contributed by atoms with Crippen molar-refractivity contribution >= 4 is 17.4 Å². The van der Waals surface area contributed by atoms with E-state index in [4.69, 9.17) is 14.9 Å². The van der Waals surface area contributed by atoms with Crippen molar-refractivity contribution in [3.05, 3.63) is 23.6 Å². The van der Waals surface area contributed by atoms with Crippen molar-refractivity contribution in [1.29, 1.82) is 0 Å². The van der Waals surface area contributed by atoms with Crippen LogP contribution in [0.25, 0.3) is 0 Å². The van der Waals surface area contributed by atoms with Crippen LogP contribution in [-0.2, 0) is 0 Å². The van der Waals surface area contributed by atoms with Gasteiger partial charge >= 0.3 is 0 Å². The lowest BCUT2D eigenvalue weighted by molar-refractivity contribution is 0.232. The number of nitrogen functional groups attached to an aromatic ring is 1. The number of aromatic nitrogens is 2. The molecule has 5 nitrogen and oxygen atoms in total. The van der Waals surface area contributed by atoms with E-state index in [-0.39, 0.29) is 6.10 Å². The van der Waals surface area contributed by atoms with E-state index in [2.05, 4.69) is 9.97 Å². The maximum Gasteiger partial charge on any atom is 0.262 e. The number of oxazole rings is 1. The number of ether oxygens (including phenoxy) is 1. The predicted molar refractivity (Wildman–Crippen MR) is 74.5 cm³/mol. The fraction of sp³-hybridized carbons (Fsp3) is 0.385. The Bertz CT molecular complexity index is 562. The molecule has 102 valence electrons. The first-order valence-corrected chi connectivity index (χ1v) is 6.82. The molecule has 0 aliphatic carbocycles. The van der Waals surface area contributed by atoms with E-state index in [0.29, 0.717) is 16.8 Å². The van der Waals surface area contributed by atoms with Gasteiger partial charge in [-0.15, -0.1) is 0 Å². The molecule has 2 rings (SSSR count). The van der Waals surface area contributed by atoms with Gasteiger partial charge in [-0.1, -0.05) is 0 Å². The van der Waals surface area contributed by atoms with Gasteiger partial charge in [-0.3, -0.25) is 0 Å². The largest absolute Gasteiger partial charge is 0.473 e. The van der Waals surface area contributed by atoms with Crippen LogP contribution >= 0.6 is 11.8 Å². The third-order valence-electron chi connectivity index (χ3n) is 2.41. The Morgan fingerprint density at radius 1 is 1.26 bits per heavy atom. The highest BCUT2D eigenvalue weighted by molar-refractivity contribution is 7.99. The maximum absolute atomic E-state index is 5.82. The monoisotopic (exact) mass is 279 g/mol. The first kappa shape index (κ1) is 13.7. The van der Waals surface area contributed by atoms with Gasteiger partial charge in [0, 0.05) is 0 Å². The molecule has 0 atom stereocenters. The number of hydrogen-bond acceptors (Lipinski definition) is 6. The van der Waals surface area contributed by atoms with Gasteiger partial charge in [0.15, 0.2) is 0 Å². The molecule has 0 saturated heterocycles. The summed E-state index contributed by atoms with van der Waals surface area (Å²) in [6.45, 7) is 7.66. The van der Waals surface area contributed by atoms with E-state index < -0.39 is 0 Å². The van der Waals surface area contributed by atoms with E-state index >= 15 is 0 Å². The third-order valence-corrected chi connectivity index (χ3v) is 3.20. The minimum absolute atomic E-state index is 0.0290. The molecule has 6 heteroatoms. The summed E-state index contributed by atoms with van der Waals surface area (Å²) < 4.78 is 11.1. The lowest BCUT2D eigenvalue weighted by Crippen LogP contribution is -2.09. The summed E-state index contributed by atoms with van der Waals surface area (Å²) in [6.07, 6.45) is 0.0290. The highest BCUT2D eigenvalue weighted by Crippen LogP contribution is 2.30. The molecular weight excluding hydrogens is 262 g/mol. The van der Waals surface area contributed by atoms with Crippen LogP contribution in [0.15, 0.2) is 26.8 Å². The Morgan fingerprint density at radius 3 is 2.58 bits per heavy atom. The molecule has 2 N–H and O–H groups in total. The average molecular weight is 279 g/mol. The zero-order chi connectivity index (χ0) is 14.0. The van der Waals surface area contributed by atoms with Crippen molar-refractivity contribution in [3.8, 4) is 5.88 Å². The summed E-state index contributed by atoms with van der Waals surface area (Å²) in [5, 5.41) is 1.31. The summed E-state index contributed by atoms with van der Waals surface area (Å²) in [6, 6.07) is 3.59. The highest BCUT2D eigenvalue weighted by Gasteiger charge is 2.11. The van der Waals surface area contributed by atoms with Gasteiger partial charge in [-0.2, -0.15) is 0 Å². The Balaban J connectivity index is 2.21. The smallest absolute Gasteiger partial charge is 0.262 e. The van der Waals surface area contributed by atoms with Crippen LogP contribution in [-0.4, -0.2) is 16.1 Å². The molecule has 0 aliphatic heterocycles. The van der Waals surface area contributed by atoms with Crippen LogP contribution in [0.2, 0.25) is 0 Å². The number of aryl methyl sites for hydroxylation is 2. The minimum Gasteiger partial charge on any atom is -0.473 e. The van der Waals surface area contributed by atoms with Crippen molar-refractivity contribution in [2.45, 2.75) is 44.0 Å². The van der Waals surface area contributed by atoms with Gasteiger partial charge in [0.2, 0.25) is 5.88 Å². The van der Waals surface area contributed by atoms with E-state index in [1.807, 2.05) is 33.8 Å². The minimum atomic E-state index is 0.0290. The number of pyridine rings is 1. The van der Waals surface area contributed by atoms with E-state index in [0.717, 1.165) is 16.5 Å². The van der Waals surface area contributed by atoms with Gasteiger partial charge in [0.1, 0.15) is 10.8 Å². The van der Waals surface area contributed by atoms with Crippen LogP contribution < -0.4 is 10.5 Å². The van der Waals surface area contributed by atoms with Crippen LogP contribution in [0.1, 0.15) is 25.3 Å². The molecule has 2 aromatic rings. The summed E-state index contributed by atoms with van der Waals surface area (Å²) in [7, 11) is 0. The Hall–Kier alpha value is -1.69. The quantitative estimate of drug-likeness (QED) is 0.926.